The van der Waals surface area contributed by atoms with E-state index in [1.54, 1.807) is 39.8 Å². The molecule has 0 saturated heterocycles. The highest BCUT2D eigenvalue weighted by Gasteiger charge is 2.43. The van der Waals surface area contributed by atoms with Crippen LogP contribution >= 0.6 is 0 Å². The number of benzene rings is 2. The highest BCUT2D eigenvalue weighted by molar-refractivity contribution is 5.57. The van der Waals surface area contributed by atoms with Gasteiger partial charge in [0.1, 0.15) is 5.92 Å². The minimum atomic E-state index is -4.40. The van der Waals surface area contributed by atoms with E-state index >= 15 is 0 Å². The fraction of sp³-hybridized carbons (Fsp3) is 0.333. The first kappa shape index (κ1) is 17.2. The second-order valence-electron chi connectivity index (χ2n) is 6.11. The van der Waals surface area contributed by atoms with E-state index in [9.17, 15) is 13.2 Å². The van der Waals surface area contributed by atoms with Crippen molar-refractivity contribution >= 4 is 11.4 Å². The molecule has 0 radical (unpaired) electrons. The molecule has 0 aromatic heterocycles. The second kappa shape index (κ2) is 5.80. The van der Waals surface area contributed by atoms with Crippen molar-refractivity contribution in [2.24, 2.45) is 0 Å². The Balaban J connectivity index is 2.74. The van der Waals surface area contributed by atoms with Crippen LogP contribution in [0.3, 0.4) is 0 Å². The Labute approximate surface area is 134 Å². The van der Waals surface area contributed by atoms with E-state index in [0.29, 0.717) is 33.6 Å². The van der Waals surface area contributed by atoms with Crippen LogP contribution in [0.4, 0.5) is 24.5 Å². The first-order chi connectivity index (χ1) is 10.5. The molecule has 2 aromatic rings. The van der Waals surface area contributed by atoms with Gasteiger partial charge in [-0.2, -0.15) is 13.2 Å². The lowest BCUT2D eigenvalue weighted by Gasteiger charge is -2.26. The normalized spacial score (nSPS) is 12.0. The molecule has 0 fully saturated rings. The fourth-order valence-electron chi connectivity index (χ4n) is 2.86. The zero-order chi connectivity index (χ0) is 17.5. The number of hydrogen-bond acceptors (Lipinski definition) is 2. The van der Waals surface area contributed by atoms with Gasteiger partial charge in [-0.1, -0.05) is 12.1 Å². The number of alkyl halides is 3. The molecule has 0 bridgehead atoms. The van der Waals surface area contributed by atoms with Crippen LogP contribution in [-0.2, 0) is 0 Å². The molecule has 0 spiro atoms. The van der Waals surface area contributed by atoms with Crippen molar-refractivity contribution in [1.82, 2.24) is 0 Å². The molecule has 2 aromatic carbocycles. The van der Waals surface area contributed by atoms with E-state index in [-0.39, 0.29) is 11.1 Å². The maximum atomic E-state index is 13.9. The predicted octanol–water partition coefficient (Wildman–Crippen LogP) is 4.78. The Hall–Kier alpha value is -2.17. The van der Waals surface area contributed by atoms with Crippen molar-refractivity contribution in [2.45, 2.75) is 39.8 Å². The minimum Gasteiger partial charge on any atom is -0.399 e. The van der Waals surface area contributed by atoms with E-state index in [4.69, 9.17) is 11.5 Å². The molecule has 0 saturated carbocycles. The van der Waals surface area contributed by atoms with Crippen LogP contribution in [0.2, 0.25) is 0 Å². The van der Waals surface area contributed by atoms with Crippen LogP contribution in [0.1, 0.15) is 39.3 Å². The van der Waals surface area contributed by atoms with Crippen molar-refractivity contribution in [2.75, 3.05) is 11.5 Å². The molecule has 0 unspecified atom stereocenters. The number of anilines is 2. The van der Waals surface area contributed by atoms with Crippen molar-refractivity contribution in [3.8, 4) is 0 Å². The fourth-order valence-corrected chi connectivity index (χ4v) is 2.86. The second-order valence-corrected chi connectivity index (χ2v) is 6.11. The number of hydrogen-bond donors (Lipinski definition) is 2. The van der Waals surface area contributed by atoms with Gasteiger partial charge in [-0.25, -0.2) is 0 Å². The molecule has 2 rings (SSSR count). The standard InChI is InChI=1S/C18H21F3N2/c1-9-7-15(22)11(3)5-13(9)17(18(19,20)21)14-6-12(4)16(23)8-10(14)2/h5-8,17H,22-23H2,1-4H3. The average molecular weight is 322 g/mol. The van der Waals surface area contributed by atoms with E-state index in [2.05, 4.69) is 0 Å². The maximum absolute atomic E-state index is 13.9. The van der Waals surface area contributed by atoms with Gasteiger partial charge in [-0.15, -0.1) is 0 Å². The van der Waals surface area contributed by atoms with Gasteiger partial charge < -0.3 is 11.5 Å². The van der Waals surface area contributed by atoms with Crippen LogP contribution in [0, 0.1) is 27.7 Å². The minimum absolute atomic E-state index is 0.233. The Morgan fingerprint density at radius 3 is 1.35 bits per heavy atom. The van der Waals surface area contributed by atoms with E-state index in [1.165, 1.54) is 12.1 Å². The van der Waals surface area contributed by atoms with Gasteiger partial charge in [0.05, 0.1) is 0 Å². The number of aryl methyl sites for hydroxylation is 4. The highest BCUT2D eigenvalue weighted by Crippen LogP contribution is 2.44. The topological polar surface area (TPSA) is 52.0 Å². The third kappa shape index (κ3) is 3.28. The van der Waals surface area contributed by atoms with Crippen molar-refractivity contribution in [1.29, 1.82) is 0 Å². The van der Waals surface area contributed by atoms with Gasteiger partial charge in [0.15, 0.2) is 0 Å². The summed E-state index contributed by atoms with van der Waals surface area (Å²) in [6, 6.07) is 6.27. The summed E-state index contributed by atoms with van der Waals surface area (Å²) in [7, 11) is 0. The summed E-state index contributed by atoms with van der Waals surface area (Å²) in [5, 5.41) is 0. The monoisotopic (exact) mass is 322 g/mol. The lowest BCUT2D eigenvalue weighted by molar-refractivity contribution is -0.141. The lowest BCUT2D eigenvalue weighted by Crippen LogP contribution is -2.24. The van der Waals surface area contributed by atoms with Gasteiger partial charge in [0.25, 0.3) is 0 Å². The highest BCUT2D eigenvalue weighted by atomic mass is 19.4. The molecule has 124 valence electrons. The Kier molecular flexibility index (Phi) is 4.33. The predicted molar refractivity (Wildman–Crippen MR) is 88.6 cm³/mol. The third-order valence-electron chi connectivity index (χ3n) is 4.26. The first-order valence-electron chi connectivity index (χ1n) is 7.32. The number of rotatable bonds is 2. The lowest BCUT2D eigenvalue weighted by atomic mass is 9.83. The van der Waals surface area contributed by atoms with Gasteiger partial charge >= 0.3 is 6.18 Å². The summed E-state index contributed by atoms with van der Waals surface area (Å²) >= 11 is 0. The van der Waals surface area contributed by atoms with Crippen molar-refractivity contribution in [3.05, 3.63) is 57.6 Å². The molecule has 0 aliphatic heterocycles. The van der Waals surface area contributed by atoms with Crippen LogP contribution in [0.5, 0.6) is 0 Å². The summed E-state index contributed by atoms with van der Waals surface area (Å²) in [5.41, 5.74) is 15.4. The molecule has 4 N–H and O–H groups in total. The van der Waals surface area contributed by atoms with Crippen LogP contribution in [0.15, 0.2) is 24.3 Å². The molecule has 0 aliphatic carbocycles. The SMILES string of the molecule is Cc1cc(C(c2cc(C)c(N)cc2C)C(F)(F)F)c(C)cc1N. The summed E-state index contributed by atoms with van der Waals surface area (Å²) in [4.78, 5) is 0. The summed E-state index contributed by atoms with van der Waals surface area (Å²) in [5.74, 6) is -1.69. The summed E-state index contributed by atoms with van der Waals surface area (Å²) < 4.78 is 41.6. The van der Waals surface area contributed by atoms with Crippen LogP contribution in [-0.4, -0.2) is 6.18 Å². The molecule has 0 amide bonds. The Morgan fingerprint density at radius 2 is 1.04 bits per heavy atom. The number of nitrogen functional groups attached to an aromatic ring is 2. The molecule has 0 heterocycles. The zero-order valence-corrected chi connectivity index (χ0v) is 13.7. The Morgan fingerprint density at radius 1 is 0.696 bits per heavy atom. The van der Waals surface area contributed by atoms with Crippen LogP contribution in [0.25, 0.3) is 0 Å². The van der Waals surface area contributed by atoms with Crippen LogP contribution < -0.4 is 11.5 Å². The third-order valence-corrected chi connectivity index (χ3v) is 4.26. The molecule has 2 nitrogen and oxygen atoms in total. The number of halogens is 3. The summed E-state index contributed by atoms with van der Waals surface area (Å²) in [6.07, 6.45) is -4.40. The van der Waals surface area contributed by atoms with Gasteiger partial charge in [-0.3, -0.25) is 0 Å². The zero-order valence-electron chi connectivity index (χ0n) is 13.7. The molecule has 0 aliphatic rings. The number of nitrogens with two attached hydrogens (primary N) is 2. The van der Waals surface area contributed by atoms with Crippen molar-refractivity contribution in [3.63, 3.8) is 0 Å². The Bertz CT molecular complexity index is 691. The van der Waals surface area contributed by atoms with Crippen molar-refractivity contribution < 1.29 is 13.2 Å². The maximum Gasteiger partial charge on any atom is 0.399 e. The van der Waals surface area contributed by atoms with Gasteiger partial charge in [0, 0.05) is 11.4 Å². The van der Waals surface area contributed by atoms with Gasteiger partial charge in [-0.05, 0) is 73.2 Å². The molecule has 0 atom stereocenters. The van der Waals surface area contributed by atoms with E-state index in [0.717, 1.165) is 0 Å². The average Bonchev–Trinajstić information content (AvgIpc) is 2.40. The molecular formula is C18H21F3N2. The van der Waals surface area contributed by atoms with Gasteiger partial charge in [0.2, 0.25) is 0 Å². The largest absolute Gasteiger partial charge is 0.399 e. The van der Waals surface area contributed by atoms with E-state index < -0.39 is 12.1 Å². The summed E-state index contributed by atoms with van der Waals surface area (Å²) in [6.45, 7) is 6.74. The quantitative estimate of drug-likeness (QED) is 0.782. The molecular weight excluding hydrogens is 301 g/mol. The first-order valence-corrected chi connectivity index (χ1v) is 7.32. The molecule has 23 heavy (non-hydrogen) atoms. The van der Waals surface area contributed by atoms with E-state index in [1.807, 2.05) is 0 Å². The smallest absolute Gasteiger partial charge is 0.399 e. The molecule has 5 heteroatoms.